The quantitative estimate of drug-likeness (QED) is 0.562. The van der Waals surface area contributed by atoms with E-state index in [9.17, 15) is 9.59 Å². The Hall–Kier alpha value is -3.68. The number of benzene rings is 2. The van der Waals surface area contributed by atoms with Gasteiger partial charge in [-0.2, -0.15) is 0 Å². The minimum absolute atomic E-state index is 0.148. The fourth-order valence-electron chi connectivity index (χ4n) is 2.97. The Morgan fingerprint density at radius 3 is 2.47 bits per heavy atom. The number of H-pyrrole nitrogens is 1. The molecule has 0 spiro atoms. The normalized spacial score (nSPS) is 10.5. The average Bonchev–Trinajstić information content (AvgIpc) is 2.78. The molecule has 0 aliphatic rings. The van der Waals surface area contributed by atoms with Crippen LogP contribution in [0.1, 0.15) is 17.7 Å². The summed E-state index contributed by atoms with van der Waals surface area (Å²) < 4.78 is 10.4. The number of hydrogen-bond acceptors (Lipinski definition) is 6. The second-order valence-corrected chi connectivity index (χ2v) is 6.59. The molecule has 0 bridgehead atoms. The highest BCUT2D eigenvalue weighted by atomic mass is 16.5. The average molecular weight is 408 g/mol. The van der Waals surface area contributed by atoms with Crippen LogP contribution in [0.3, 0.4) is 0 Å². The van der Waals surface area contributed by atoms with E-state index in [0.29, 0.717) is 24.5 Å². The molecule has 0 atom stereocenters. The van der Waals surface area contributed by atoms with E-state index in [1.54, 1.807) is 38.5 Å². The van der Waals surface area contributed by atoms with Crippen molar-refractivity contribution in [3.05, 3.63) is 70.1 Å². The van der Waals surface area contributed by atoms with Gasteiger partial charge in [-0.05, 0) is 42.3 Å². The summed E-state index contributed by atoms with van der Waals surface area (Å²) in [6.07, 6.45) is 1.03. The van der Waals surface area contributed by atoms with Crippen molar-refractivity contribution in [1.29, 1.82) is 0 Å². The van der Waals surface area contributed by atoms with Crippen LogP contribution in [0.2, 0.25) is 0 Å². The number of methoxy groups -OCH3 is 2. The maximum atomic E-state index is 12.3. The van der Waals surface area contributed by atoms with Gasteiger partial charge in [0.1, 0.15) is 17.2 Å². The number of nitrogens with one attached hydrogen (secondary N) is 2. The molecule has 0 radical (unpaired) electrons. The molecule has 0 unspecified atom stereocenters. The molecule has 0 saturated carbocycles. The monoisotopic (exact) mass is 408 g/mol. The van der Waals surface area contributed by atoms with Crippen molar-refractivity contribution < 1.29 is 14.3 Å². The molecule has 8 heteroatoms. The summed E-state index contributed by atoms with van der Waals surface area (Å²) >= 11 is 0. The molecule has 1 aromatic heterocycles. The van der Waals surface area contributed by atoms with E-state index in [-0.39, 0.29) is 30.0 Å². The van der Waals surface area contributed by atoms with E-state index in [2.05, 4.69) is 20.5 Å². The number of amides is 1. The van der Waals surface area contributed by atoms with Gasteiger partial charge < -0.3 is 19.8 Å². The second kappa shape index (κ2) is 10.2. The molecule has 3 rings (SSSR count). The van der Waals surface area contributed by atoms with Crippen LogP contribution < -0.4 is 20.3 Å². The molecule has 2 N–H and O–H groups in total. The third kappa shape index (κ3) is 5.44. The van der Waals surface area contributed by atoms with Crippen molar-refractivity contribution >= 4 is 5.91 Å². The highest BCUT2D eigenvalue weighted by molar-refractivity contribution is 5.76. The van der Waals surface area contributed by atoms with Gasteiger partial charge in [-0.1, -0.05) is 18.2 Å². The van der Waals surface area contributed by atoms with Gasteiger partial charge in [0.25, 0.3) is 5.56 Å². The van der Waals surface area contributed by atoms with Crippen LogP contribution in [0.15, 0.2) is 53.3 Å². The maximum absolute atomic E-state index is 12.3. The Bertz CT molecular complexity index is 1050. The molecule has 30 heavy (non-hydrogen) atoms. The van der Waals surface area contributed by atoms with E-state index >= 15 is 0 Å². The number of carbonyl (C=O) groups is 1. The molecule has 1 amide bonds. The lowest BCUT2D eigenvalue weighted by Gasteiger charge is -2.09. The van der Waals surface area contributed by atoms with Crippen LogP contribution >= 0.6 is 0 Å². The lowest BCUT2D eigenvalue weighted by Crippen LogP contribution is -2.27. The smallest absolute Gasteiger partial charge is 0.273 e. The van der Waals surface area contributed by atoms with Crippen LogP contribution in [0.25, 0.3) is 11.4 Å². The second-order valence-electron chi connectivity index (χ2n) is 6.59. The molecule has 0 fully saturated rings. The van der Waals surface area contributed by atoms with Crippen LogP contribution in [-0.2, 0) is 17.6 Å². The van der Waals surface area contributed by atoms with Crippen molar-refractivity contribution in [2.45, 2.75) is 19.3 Å². The van der Waals surface area contributed by atoms with E-state index in [0.717, 1.165) is 16.9 Å². The fourth-order valence-corrected chi connectivity index (χ4v) is 2.97. The third-order valence-corrected chi connectivity index (χ3v) is 4.63. The molecular weight excluding hydrogens is 384 g/mol. The first-order valence-corrected chi connectivity index (χ1v) is 9.59. The summed E-state index contributed by atoms with van der Waals surface area (Å²) in [5.41, 5.74) is 1.63. The number of nitrogens with zero attached hydrogens (tertiary/aromatic N) is 2. The zero-order chi connectivity index (χ0) is 21.3. The first-order valence-electron chi connectivity index (χ1n) is 9.59. The van der Waals surface area contributed by atoms with E-state index in [1.165, 1.54) is 0 Å². The molecule has 8 nitrogen and oxygen atoms in total. The third-order valence-electron chi connectivity index (χ3n) is 4.63. The standard InChI is InChI=1S/C22H24N4O4/c1-29-17-9-7-16(8-10-17)21-24-22(28)18(25-26-21)11-12-20(27)23-14-13-15-5-3-4-6-19(15)30-2/h3-10H,11-14H2,1-2H3,(H,23,27)(H,24,26,28). The highest BCUT2D eigenvalue weighted by Gasteiger charge is 2.10. The van der Waals surface area contributed by atoms with Crippen LogP contribution in [0.5, 0.6) is 11.5 Å². The summed E-state index contributed by atoms with van der Waals surface area (Å²) in [6.45, 7) is 0.484. The highest BCUT2D eigenvalue weighted by Crippen LogP contribution is 2.18. The van der Waals surface area contributed by atoms with Gasteiger partial charge in [-0.15, -0.1) is 10.2 Å². The van der Waals surface area contributed by atoms with Crippen LogP contribution in [0, 0.1) is 0 Å². The van der Waals surface area contributed by atoms with Crippen molar-refractivity contribution in [3.63, 3.8) is 0 Å². The number of aryl methyl sites for hydroxylation is 1. The topological polar surface area (TPSA) is 106 Å². The maximum Gasteiger partial charge on any atom is 0.273 e. The first kappa shape index (κ1) is 21.0. The summed E-state index contributed by atoms with van der Waals surface area (Å²) in [7, 11) is 3.20. The summed E-state index contributed by atoms with van der Waals surface area (Å²) in [4.78, 5) is 27.1. The van der Waals surface area contributed by atoms with Crippen LogP contribution in [0.4, 0.5) is 0 Å². The summed E-state index contributed by atoms with van der Waals surface area (Å²) in [5.74, 6) is 1.73. The number of carbonyl (C=O) groups excluding carboxylic acids is 1. The Kier molecular flexibility index (Phi) is 7.15. The van der Waals surface area contributed by atoms with Gasteiger partial charge in [0.2, 0.25) is 5.91 Å². The molecule has 0 aliphatic heterocycles. The van der Waals surface area contributed by atoms with Crippen LogP contribution in [-0.4, -0.2) is 41.9 Å². The largest absolute Gasteiger partial charge is 0.497 e. The number of para-hydroxylation sites is 1. The zero-order valence-electron chi connectivity index (χ0n) is 17.0. The van der Waals surface area contributed by atoms with Crippen molar-refractivity contribution in [3.8, 4) is 22.9 Å². The van der Waals surface area contributed by atoms with Crippen molar-refractivity contribution in [1.82, 2.24) is 20.5 Å². The zero-order valence-corrected chi connectivity index (χ0v) is 17.0. The Labute approximate surface area is 174 Å². The first-order chi connectivity index (χ1) is 14.6. The summed E-state index contributed by atoms with van der Waals surface area (Å²) in [5, 5.41) is 10.9. The molecule has 3 aromatic rings. The molecule has 156 valence electrons. The minimum atomic E-state index is -0.349. The molecule has 0 aliphatic carbocycles. The van der Waals surface area contributed by atoms with Gasteiger partial charge in [0, 0.05) is 24.9 Å². The Morgan fingerprint density at radius 1 is 1.00 bits per heavy atom. The number of aromatic amines is 1. The molecular formula is C22H24N4O4. The number of rotatable bonds is 9. The lowest BCUT2D eigenvalue weighted by molar-refractivity contribution is -0.121. The Morgan fingerprint density at radius 2 is 1.77 bits per heavy atom. The predicted octanol–water partition coefficient (Wildman–Crippen LogP) is 2.14. The number of aromatic nitrogens is 3. The van der Waals surface area contributed by atoms with Gasteiger partial charge in [-0.3, -0.25) is 9.59 Å². The minimum Gasteiger partial charge on any atom is -0.497 e. The predicted molar refractivity (Wildman–Crippen MR) is 113 cm³/mol. The van der Waals surface area contributed by atoms with Crippen molar-refractivity contribution in [2.75, 3.05) is 20.8 Å². The molecule has 2 aromatic carbocycles. The van der Waals surface area contributed by atoms with Gasteiger partial charge >= 0.3 is 0 Å². The van der Waals surface area contributed by atoms with Gasteiger partial charge in [-0.25, -0.2) is 0 Å². The van der Waals surface area contributed by atoms with E-state index in [4.69, 9.17) is 9.47 Å². The Balaban J connectivity index is 1.51. The van der Waals surface area contributed by atoms with Gasteiger partial charge in [0.15, 0.2) is 5.82 Å². The molecule has 0 saturated heterocycles. The van der Waals surface area contributed by atoms with E-state index in [1.807, 2.05) is 24.3 Å². The lowest BCUT2D eigenvalue weighted by atomic mass is 10.1. The van der Waals surface area contributed by atoms with Gasteiger partial charge in [0.05, 0.1) is 14.2 Å². The van der Waals surface area contributed by atoms with Crippen molar-refractivity contribution in [2.24, 2.45) is 0 Å². The number of ether oxygens (including phenoxy) is 2. The SMILES string of the molecule is COc1ccc(-c2nnc(CCC(=O)NCCc3ccccc3OC)c(=O)[nH]2)cc1. The van der Waals surface area contributed by atoms with E-state index < -0.39 is 0 Å². The summed E-state index contributed by atoms with van der Waals surface area (Å²) in [6, 6.07) is 14.8. The fraction of sp³-hybridized carbons (Fsp3) is 0.273. The molecule has 1 heterocycles. The number of hydrogen-bond donors (Lipinski definition) is 2.